The van der Waals surface area contributed by atoms with E-state index in [-0.39, 0.29) is 17.6 Å². The Kier molecular flexibility index (Phi) is 6.01. The minimum absolute atomic E-state index is 0.0162. The summed E-state index contributed by atoms with van der Waals surface area (Å²) in [6, 6.07) is 13.5. The molecule has 2 aromatic rings. The molecule has 1 fully saturated rings. The lowest BCUT2D eigenvalue weighted by Crippen LogP contribution is -2.31. The van der Waals surface area contributed by atoms with Crippen molar-refractivity contribution in [3.05, 3.63) is 65.2 Å². The number of amides is 2. The second kappa shape index (κ2) is 8.62. The van der Waals surface area contributed by atoms with Crippen molar-refractivity contribution in [1.82, 2.24) is 4.90 Å². The predicted octanol–water partition coefficient (Wildman–Crippen LogP) is 4.16. The number of ketones is 1. The van der Waals surface area contributed by atoms with Gasteiger partial charge in [0.05, 0.1) is 0 Å². The molecule has 27 heavy (non-hydrogen) atoms. The maximum atomic E-state index is 12.6. The van der Waals surface area contributed by atoms with Crippen LogP contribution in [0.15, 0.2) is 48.5 Å². The number of nitrogens with zero attached hydrogens (tertiary/aromatic N) is 1. The molecule has 0 spiro atoms. The lowest BCUT2D eigenvalue weighted by molar-refractivity contribution is 0.0761. The summed E-state index contributed by atoms with van der Waals surface area (Å²) in [5, 5.41) is 2.80. The molecule has 0 bridgehead atoms. The van der Waals surface area contributed by atoms with Gasteiger partial charge >= 0.3 is 0 Å². The first kappa shape index (κ1) is 18.8. The van der Waals surface area contributed by atoms with E-state index in [9.17, 15) is 14.4 Å². The highest BCUT2D eigenvalue weighted by Crippen LogP contribution is 2.15. The number of Topliss-reactive ketones (excluding diaryl/α,β-unsaturated/α-hetero) is 1. The van der Waals surface area contributed by atoms with Gasteiger partial charge in [0.25, 0.3) is 11.8 Å². The molecule has 1 N–H and O–H groups in total. The van der Waals surface area contributed by atoms with Crippen LogP contribution in [-0.2, 0) is 0 Å². The minimum atomic E-state index is -0.251. The largest absolute Gasteiger partial charge is 0.339 e. The Bertz CT molecular complexity index is 818. The number of hydrogen-bond acceptors (Lipinski definition) is 3. The van der Waals surface area contributed by atoms with Crippen LogP contribution >= 0.6 is 0 Å². The molecule has 1 aliphatic rings. The molecular weight excluding hydrogens is 340 g/mol. The maximum absolute atomic E-state index is 12.6. The molecule has 3 rings (SSSR count). The Morgan fingerprint density at radius 3 is 1.81 bits per heavy atom. The Morgan fingerprint density at radius 1 is 0.741 bits per heavy atom. The fourth-order valence-electron chi connectivity index (χ4n) is 3.21. The van der Waals surface area contributed by atoms with Crippen molar-refractivity contribution in [2.75, 3.05) is 18.4 Å². The van der Waals surface area contributed by atoms with Gasteiger partial charge < -0.3 is 10.2 Å². The van der Waals surface area contributed by atoms with Gasteiger partial charge in [0.2, 0.25) is 0 Å². The smallest absolute Gasteiger partial charge is 0.255 e. The zero-order valence-electron chi connectivity index (χ0n) is 15.5. The highest BCUT2D eigenvalue weighted by Gasteiger charge is 2.17. The Morgan fingerprint density at radius 2 is 1.26 bits per heavy atom. The van der Waals surface area contributed by atoms with E-state index in [0.29, 0.717) is 22.4 Å². The number of anilines is 1. The van der Waals surface area contributed by atoms with Gasteiger partial charge in [0.1, 0.15) is 0 Å². The highest BCUT2D eigenvalue weighted by molar-refractivity contribution is 6.05. The first-order valence-corrected chi connectivity index (χ1v) is 9.36. The van der Waals surface area contributed by atoms with E-state index >= 15 is 0 Å². The number of hydrogen-bond donors (Lipinski definition) is 1. The van der Waals surface area contributed by atoms with Crippen LogP contribution in [0.3, 0.4) is 0 Å². The SMILES string of the molecule is CC(=O)c1ccc(NC(=O)c2ccc(C(=O)N3CCCCCC3)cc2)cc1. The molecule has 0 aromatic heterocycles. The normalized spacial score (nSPS) is 14.3. The van der Waals surface area contributed by atoms with Crippen molar-refractivity contribution >= 4 is 23.3 Å². The highest BCUT2D eigenvalue weighted by atomic mass is 16.2. The van der Waals surface area contributed by atoms with E-state index in [1.165, 1.54) is 19.8 Å². The average Bonchev–Trinajstić information content (AvgIpc) is 2.97. The second-order valence-corrected chi connectivity index (χ2v) is 6.87. The molecule has 140 valence electrons. The lowest BCUT2D eigenvalue weighted by atomic mass is 10.1. The quantitative estimate of drug-likeness (QED) is 0.829. The Hall–Kier alpha value is -2.95. The Labute approximate surface area is 159 Å². The molecule has 0 aliphatic carbocycles. The van der Waals surface area contributed by atoms with E-state index < -0.39 is 0 Å². The molecule has 5 nitrogen and oxygen atoms in total. The van der Waals surface area contributed by atoms with Crippen molar-refractivity contribution in [3.8, 4) is 0 Å². The lowest BCUT2D eigenvalue weighted by Gasteiger charge is -2.20. The fraction of sp³-hybridized carbons (Fsp3) is 0.318. The summed E-state index contributed by atoms with van der Waals surface area (Å²) in [6.45, 7) is 3.11. The number of likely N-dealkylation sites (tertiary alicyclic amines) is 1. The molecular formula is C22H24N2O3. The van der Waals surface area contributed by atoms with Gasteiger partial charge in [-0.3, -0.25) is 14.4 Å². The number of benzene rings is 2. The average molecular weight is 364 g/mol. The van der Waals surface area contributed by atoms with E-state index in [4.69, 9.17) is 0 Å². The monoisotopic (exact) mass is 364 g/mol. The van der Waals surface area contributed by atoms with Gasteiger partial charge in [-0.15, -0.1) is 0 Å². The summed E-state index contributed by atoms with van der Waals surface area (Å²) in [5.74, 6) is -0.236. The van der Waals surface area contributed by atoms with Crippen LogP contribution in [0.2, 0.25) is 0 Å². The van der Waals surface area contributed by atoms with E-state index in [1.54, 1.807) is 48.5 Å². The van der Waals surface area contributed by atoms with E-state index in [2.05, 4.69) is 5.32 Å². The summed E-state index contributed by atoms with van der Waals surface area (Å²) in [7, 11) is 0. The predicted molar refractivity (Wildman–Crippen MR) is 105 cm³/mol. The van der Waals surface area contributed by atoms with E-state index in [0.717, 1.165) is 25.9 Å². The number of rotatable bonds is 4. The van der Waals surface area contributed by atoms with Crippen LogP contribution in [0.4, 0.5) is 5.69 Å². The van der Waals surface area contributed by atoms with Crippen molar-refractivity contribution in [1.29, 1.82) is 0 Å². The topological polar surface area (TPSA) is 66.5 Å². The number of nitrogens with one attached hydrogen (secondary N) is 1. The molecule has 1 heterocycles. The van der Waals surface area contributed by atoms with Gasteiger partial charge in [-0.2, -0.15) is 0 Å². The van der Waals surface area contributed by atoms with Crippen LogP contribution < -0.4 is 5.32 Å². The second-order valence-electron chi connectivity index (χ2n) is 6.87. The van der Waals surface area contributed by atoms with Crippen LogP contribution in [0.25, 0.3) is 0 Å². The minimum Gasteiger partial charge on any atom is -0.339 e. The number of carbonyl (C=O) groups is 3. The molecule has 0 atom stereocenters. The summed E-state index contributed by atoms with van der Waals surface area (Å²) < 4.78 is 0. The first-order chi connectivity index (χ1) is 13.0. The van der Waals surface area contributed by atoms with Gasteiger partial charge in [0, 0.05) is 35.5 Å². The van der Waals surface area contributed by atoms with Crippen LogP contribution in [-0.4, -0.2) is 35.6 Å². The maximum Gasteiger partial charge on any atom is 0.255 e. The zero-order chi connectivity index (χ0) is 19.2. The van der Waals surface area contributed by atoms with Crippen molar-refractivity contribution in [2.45, 2.75) is 32.6 Å². The molecule has 1 aliphatic heterocycles. The summed E-state index contributed by atoms with van der Waals surface area (Å²) in [4.78, 5) is 38.2. The van der Waals surface area contributed by atoms with Crippen molar-refractivity contribution in [3.63, 3.8) is 0 Å². The summed E-state index contributed by atoms with van der Waals surface area (Å²) in [6.07, 6.45) is 4.45. The third kappa shape index (κ3) is 4.82. The van der Waals surface area contributed by atoms with Crippen LogP contribution in [0.1, 0.15) is 63.7 Å². The summed E-state index contributed by atoms with van der Waals surface area (Å²) >= 11 is 0. The molecule has 2 amide bonds. The number of carbonyl (C=O) groups excluding carboxylic acids is 3. The summed E-state index contributed by atoms with van der Waals surface area (Å²) in [5.41, 5.74) is 2.32. The first-order valence-electron chi connectivity index (χ1n) is 9.36. The van der Waals surface area contributed by atoms with E-state index in [1.807, 2.05) is 4.90 Å². The molecule has 2 aromatic carbocycles. The third-order valence-corrected chi connectivity index (χ3v) is 4.84. The van der Waals surface area contributed by atoms with Crippen LogP contribution in [0.5, 0.6) is 0 Å². The van der Waals surface area contributed by atoms with Gasteiger partial charge in [-0.25, -0.2) is 0 Å². The Balaban J connectivity index is 1.64. The standard InChI is InChI=1S/C22H24N2O3/c1-16(25)17-10-12-20(13-11-17)23-21(26)18-6-8-19(9-7-18)22(27)24-14-4-2-3-5-15-24/h6-13H,2-5,14-15H2,1H3,(H,23,26). The van der Waals surface area contributed by atoms with Crippen molar-refractivity contribution < 1.29 is 14.4 Å². The molecule has 0 saturated carbocycles. The molecule has 1 saturated heterocycles. The zero-order valence-corrected chi connectivity index (χ0v) is 15.5. The molecule has 0 radical (unpaired) electrons. The molecule has 0 unspecified atom stereocenters. The van der Waals surface area contributed by atoms with Gasteiger partial charge in [0.15, 0.2) is 5.78 Å². The van der Waals surface area contributed by atoms with Gasteiger partial charge in [-0.05, 0) is 68.3 Å². The van der Waals surface area contributed by atoms with Crippen LogP contribution in [0, 0.1) is 0 Å². The van der Waals surface area contributed by atoms with Gasteiger partial charge in [-0.1, -0.05) is 12.8 Å². The van der Waals surface area contributed by atoms with Crippen molar-refractivity contribution in [2.24, 2.45) is 0 Å². The molecule has 5 heteroatoms. The third-order valence-electron chi connectivity index (χ3n) is 4.84. The fourth-order valence-corrected chi connectivity index (χ4v) is 3.21.